The number of carbonyl (C=O) groups excluding carboxylic acids is 3. The molecule has 0 N–H and O–H groups in total. The summed E-state index contributed by atoms with van der Waals surface area (Å²) in [6.45, 7) is 5.43. The monoisotopic (exact) mass is 384 g/mol. The first-order valence-electron chi connectivity index (χ1n) is 10.3. The average Bonchev–Trinajstić information content (AvgIpc) is 2.93. The molecule has 0 unspecified atom stereocenters. The number of rotatable bonds is 4. The topological polar surface area (TPSA) is 64.2 Å². The second-order valence-corrected chi connectivity index (χ2v) is 8.10. The molecule has 7 heteroatoms. The highest BCUT2D eigenvalue weighted by atomic mass is 16.2. The van der Waals surface area contributed by atoms with Crippen LogP contribution in [0.1, 0.15) is 32.6 Å². The maximum atomic E-state index is 12.9. The summed E-state index contributed by atoms with van der Waals surface area (Å²) >= 11 is 0. The molecule has 1 aromatic rings. The molecule has 2 saturated heterocycles. The molecule has 2 aliphatic heterocycles. The SMILES string of the molecule is C[C@H]1CCCC[C@@H]1N1C(=O)C(=O)N(CN2CCN(c3ccccc3)CC2)C1=O. The lowest BCUT2D eigenvalue weighted by Gasteiger charge is -2.37. The number of carbonyl (C=O) groups is 3. The van der Waals surface area contributed by atoms with Crippen LogP contribution >= 0.6 is 0 Å². The van der Waals surface area contributed by atoms with Crippen LogP contribution in [0.2, 0.25) is 0 Å². The third-order valence-corrected chi connectivity index (χ3v) is 6.32. The van der Waals surface area contributed by atoms with E-state index in [2.05, 4.69) is 28.9 Å². The fourth-order valence-electron chi connectivity index (χ4n) is 4.61. The first kappa shape index (κ1) is 18.9. The highest BCUT2D eigenvalue weighted by Crippen LogP contribution is 2.31. The Morgan fingerprint density at radius 2 is 1.57 bits per heavy atom. The van der Waals surface area contributed by atoms with E-state index in [-0.39, 0.29) is 18.6 Å². The van der Waals surface area contributed by atoms with Crippen molar-refractivity contribution in [3.63, 3.8) is 0 Å². The van der Waals surface area contributed by atoms with Crippen molar-refractivity contribution in [3.05, 3.63) is 30.3 Å². The van der Waals surface area contributed by atoms with Gasteiger partial charge in [0.15, 0.2) is 0 Å². The predicted molar refractivity (Wildman–Crippen MR) is 106 cm³/mol. The molecule has 1 aliphatic carbocycles. The van der Waals surface area contributed by atoms with E-state index < -0.39 is 17.8 Å². The van der Waals surface area contributed by atoms with E-state index in [1.807, 2.05) is 18.2 Å². The van der Waals surface area contributed by atoms with Gasteiger partial charge in [0.25, 0.3) is 0 Å². The Morgan fingerprint density at radius 3 is 2.25 bits per heavy atom. The van der Waals surface area contributed by atoms with Gasteiger partial charge in [-0.05, 0) is 30.9 Å². The van der Waals surface area contributed by atoms with Crippen LogP contribution in [-0.4, -0.2) is 71.4 Å². The number of hydrogen-bond donors (Lipinski definition) is 0. The quantitative estimate of drug-likeness (QED) is 0.588. The van der Waals surface area contributed by atoms with E-state index in [4.69, 9.17) is 0 Å². The van der Waals surface area contributed by atoms with E-state index in [1.165, 1.54) is 10.6 Å². The van der Waals surface area contributed by atoms with Gasteiger partial charge in [-0.25, -0.2) is 9.69 Å². The summed E-state index contributed by atoms with van der Waals surface area (Å²) in [5, 5.41) is 0. The number of hydrogen-bond acceptors (Lipinski definition) is 5. The molecule has 1 saturated carbocycles. The fraction of sp³-hybridized carbons (Fsp3) is 0.571. The molecule has 3 aliphatic rings. The summed E-state index contributed by atoms with van der Waals surface area (Å²) in [6, 6.07) is 9.65. The fourth-order valence-corrected chi connectivity index (χ4v) is 4.61. The molecule has 0 bridgehead atoms. The van der Waals surface area contributed by atoms with Crippen molar-refractivity contribution in [1.82, 2.24) is 14.7 Å². The van der Waals surface area contributed by atoms with E-state index in [0.717, 1.165) is 56.8 Å². The van der Waals surface area contributed by atoms with Crippen LogP contribution in [0.3, 0.4) is 0 Å². The van der Waals surface area contributed by atoms with E-state index >= 15 is 0 Å². The summed E-state index contributed by atoms with van der Waals surface area (Å²) in [5.74, 6) is -1.07. The lowest BCUT2D eigenvalue weighted by Crippen LogP contribution is -2.52. The second kappa shape index (κ2) is 7.91. The van der Waals surface area contributed by atoms with Gasteiger partial charge in [-0.2, -0.15) is 0 Å². The number of nitrogens with zero attached hydrogens (tertiary/aromatic N) is 4. The summed E-state index contributed by atoms with van der Waals surface area (Å²) in [6.07, 6.45) is 3.92. The van der Waals surface area contributed by atoms with Crippen molar-refractivity contribution in [2.45, 2.75) is 38.6 Å². The summed E-state index contributed by atoms with van der Waals surface area (Å²) in [4.78, 5) is 44.7. The molecule has 3 fully saturated rings. The molecule has 0 radical (unpaired) electrons. The van der Waals surface area contributed by atoms with Gasteiger partial charge >= 0.3 is 17.8 Å². The molecule has 0 spiro atoms. The predicted octanol–water partition coefficient (Wildman–Crippen LogP) is 2.14. The first-order valence-corrected chi connectivity index (χ1v) is 10.3. The number of benzene rings is 1. The van der Waals surface area contributed by atoms with E-state index in [1.54, 1.807) is 0 Å². The Morgan fingerprint density at radius 1 is 0.893 bits per heavy atom. The molecular formula is C21H28N4O3. The van der Waals surface area contributed by atoms with Crippen LogP contribution in [0, 0.1) is 5.92 Å². The molecule has 2 heterocycles. The number of piperazine rings is 1. The first-order chi connectivity index (χ1) is 13.6. The van der Waals surface area contributed by atoms with Crippen molar-refractivity contribution in [3.8, 4) is 0 Å². The maximum absolute atomic E-state index is 12.9. The largest absolute Gasteiger partial charge is 0.369 e. The Labute approximate surface area is 165 Å². The minimum Gasteiger partial charge on any atom is -0.369 e. The smallest absolute Gasteiger partial charge is 0.335 e. The Bertz CT molecular complexity index is 745. The lowest BCUT2D eigenvalue weighted by molar-refractivity contribution is -0.145. The van der Waals surface area contributed by atoms with Crippen LogP contribution in [0.25, 0.3) is 0 Å². The van der Waals surface area contributed by atoms with Crippen molar-refractivity contribution < 1.29 is 14.4 Å². The van der Waals surface area contributed by atoms with Crippen molar-refractivity contribution in [1.29, 1.82) is 0 Å². The van der Waals surface area contributed by atoms with Gasteiger partial charge in [0.2, 0.25) is 0 Å². The Hall–Kier alpha value is -2.41. The number of imide groups is 2. The highest BCUT2D eigenvalue weighted by molar-refractivity contribution is 6.44. The molecule has 4 rings (SSSR count). The van der Waals surface area contributed by atoms with Gasteiger partial charge in [-0.1, -0.05) is 38.0 Å². The molecule has 150 valence electrons. The standard InChI is InChI=1S/C21H28N4O3/c1-16-7-5-6-10-18(16)25-20(27)19(26)24(21(25)28)15-22-11-13-23(14-12-22)17-8-3-2-4-9-17/h2-4,8-9,16,18H,5-7,10-15H2,1H3/t16-,18-/m0/s1. The van der Waals surface area contributed by atoms with Crippen molar-refractivity contribution >= 4 is 23.5 Å². The molecule has 28 heavy (non-hydrogen) atoms. The Kier molecular flexibility index (Phi) is 5.35. The second-order valence-electron chi connectivity index (χ2n) is 8.10. The van der Waals surface area contributed by atoms with Crippen LogP contribution in [0.4, 0.5) is 10.5 Å². The molecule has 4 amide bonds. The van der Waals surface area contributed by atoms with Crippen LogP contribution in [0.5, 0.6) is 0 Å². The summed E-state index contributed by atoms with van der Waals surface area (Å²) in [5.41, 5.74) is 1.18. The third-order valence-electron chi connectivity index (χ3n) is 6.32. The number of amides is 4. The number of anilines is 1. The molecule has 0 aromatic heterocycles. The summed E-state index contributed by atoms with van der Waals surface area (Å²) in [7, 11) is 0. The molecule has 1 aromatic carbocycles. The van der Waals surface area contributed by atoms with E-state index in [9.17, 15) is 14.4 Å². The minimum atomic E-state index is -0.673. The summed E-state index contributed by atoms with van der Waals surface area (Å²) < 4.78 is 0. The number of para-hydroxylation sites is 1. The van der Waals surface area contributed by atoms with Crippen LogP contribution < -0.4 is 4.90 Å². The molecular weight excluding hydrogens is 356 g/mol. The zero-order valence-electron chi connectivity index (χ0n) is 16.4. The zero-order chi connectivity index (χ0) is 19.7. The van der Waals surface area contributed by atoms with Gasteiger partial charge in [0.1, 0.15) is 0 Å². The minimum absolute atomic E-state index is 0.141. The van der Waals surface area contributed by atoms with Crippen molar-refractivity contribution in [2.75, 3.05) is 37.7 Å². The van der Waals surface area contributed by atoms with Gasteiger partial charge in [-0.3, -0.25) is 19.4 Å². The van der Waals surface area contributed by atoms with Crippen LogP contribution in [-0.2, 0) is 9.59 Å². The lowest BCUT2D eigenvalue weighted by atomic mass is 9.85. The Balaban J connectivity index is 1.38. The van der Waals surface area contributed by atoms with Gasteiger partial charge in [0, 0.05) is 37.9 Å². The van der Waals surface area contributed by atoms with Gasteiger partial charge in [0.05, 0.1) is 6.67 Å². The maximum Gasteiger partial charge on any atom is 0.335 e. The highest BCUT2D eigenvalue weighted by Gasteiger charge is 2.49. The van der Waals surface area contributed by atoms with Gasteiger partial charge < -0.3 is 4.90 Å². The molecule has 7 nitrogen and oxygen atoms in total. The molecule has 2 atom stereocenters. The average molecular weight is 384 g/mol. The van der Waals surface area contributed by atoms with E-state index in [0.29, 0.717) is 0 Å². The normalized spacial score (nSPS) is 27.0. The number of urea groups is 1. The van der Waals surface area contributed by atoms with Gasteiger partial charge in [-0.15, -0.1) is 0 Å². The van der Waals surface area contributed by atoms with Crippen molar-refractivity contribution in [2.24, 2.45) is 5.92 Å². The van der Waals surface area contributed by atoms with Crippen LogP contribution in [0.15, 0.2) is 30.3 Å². The third kappa shape index (κ3) is 3.51. The zero-order valence-corrected chi connectivity index (χ0v) is 16.4.